The molecule has 0 unspecified atom stereocenters. The van der Waals surface area contributed by atoms with Crippen LogP contribution < -0.4 is 4.90 Å². The molecule has 1 fully saturated rings. The van der Waals surface area contributed by atoms with Crippen molar-refractivity contribution in [3.05, 3.63) is 87.5 Å². The van der Waals surface area contributed by atoms with E-state index in [1.165, 1.54) is 33.4 Å². The number of rotatable bonds is 2. The van der Waals surface area contributed by atoms with E-state index in [9.17, 15) is 0 Å². The van der Waals surface area contributed by atoms with Gasteiger partial charge in [-0.1, -0.05) is 12.1 Å². The second-order valence-electron chi connectivity index (χ2n) is 14.4. The van der Waals surface area contributed by atoms with Crippen molar-refractivity contribution >= 4 is 50.0 Å². The predicted octanol–water partition coefficient (Wildman–Crippen LogP) is 9.00. The Morgan fingerprint density at radius 2 is 0.962 bits per heavy atom. The zero-order valence-corrected chi connectivity index (χ0v) is 32.6. The fourth-order valence-corrected chi connectivity index (χ4v) is 7.27. The molecule has 0 radical (unpaired) electrons. The Morgan fingerprint density at radius 3 is 1.57 bits per heavy atom. The van der Waals surface area contributed by atoms with Crippen LogP contribution in [0, 0.1) is 27.7 Å². The first-order valence-electron chi connectivity index (χ1n) is 18.9. The summed E-state index contributed by atoms with van der Waals surface area (Å²) in [6.07, 6.45) is 0. The molecule has 7 rings (SSSR count). The molecule has 0 amide bonds. The summed E-state index contributed by atoms with van der Waals surface area (Å²) in [6, 6.07) is 15.5. The van der Waals surface area contributed by atoms with Gasteiger partial charge < -0.3 is 33.8 Å². The van der Waals surface area contributed by atoms with Crippen molar-refractivity contribution in [2.24, 2.45) is 0 Å². The Bertz CT molecular complexity index is 2230. The van der Waals surface area contributed by atoms with Crippen LogP contribution in [0.15, 0.2) is 42.5 Å². The molecule has 278 valence electrons. The summed E-state index contributed by atoms with van der Waals surface area (Å²) in [5.74, 6) is 0. The summed E-state index contributed by atoms with van der Waals surface area (Å²) in [5, 5.41) is 0. The number of allylic oxidation sites excluding steroid dienone is 4. The summed E-state index contributed by atoms with van der Waals surface area (Å²) in [4.78, 5) is 20.4. The molecule has 0 aliphatic carbocycles. The number of fused-ring (bicyclic) bond motifs is 8. The average molecular weight is 716 g/mol. The lowest BCUT2D eigenvalue weighted by atomic mass is 9.97. The van der Waals surface area contributed by atoms with Crippen molar-refractivity contribution < 1.29 is 18.9 Å². The Labute approximate surface area is 313 Å². The molecular formula is C44H53N5O4. The van der Waals surface area contributed by atoms with Gasteiger partial charge in [0, 0.05) is 40.9 Å². The van der Waals surface area contributed by atoms with Gasteiger partial charge in [-0.2, -0.15) is 0 Å². The van der Waals surface area contributed by atoms with Gasteiger partial charge >= 0.3 is 0 Å². The topological polar surface area (TPSA) is 97.5 Å². The van der Waals surface area contributed by atoms with Gasteiger partial charge in [-0.15, -0.1) is 0 Å². The summed E-state index contributed by atoms with van der Waals surface area (Å²) in [5.41, 5.74) is 21.1. The lowest BCUT2D eigenvalue weighted by Crippen LogP contribution is -2.31. The van der Waals surface area contributed by atoms with E-state index in [0.717, 1.165) is 85.9 Å². The highest BCUT2D eigenvalue weighted by Gasteiger charge is 2.22. The maximum Gasteiger partial charge on any atom is 0.0768 e. The van der Waals surface area contributed by atoms with Crippen molar-refractivity contribution in [1.29, 1.82) is 0 Å². The molecule has 6 heterocycles. The minimum atomic E-state index is 0.561. The number of aromatic nitrogens is 4. The second kappa shape index (κ2) is 15.8. The molecule has 9 nitrogen and oxygen atoms in total. The van der Waals surface area contributed by atoms with Crippen LogP contribution in [0.5, 0.6) is 0 Å². The Hall–Kier alpha value is -4.54. The van der Waals surface area contributed by atoms with Crippen LogP contribution in [0.4, 0.5) is 5.69 Å². The molecule has 3 aliphatic rings. The van der Waals surface area contributed by atoms with Crippen LogP contribution in [-0.4, -0.2) is 85.9 Å². The third-order valence-corrected chi connectivity index (χ3v) is 11.3. The number of nitrogens with one attached hydrogen (secondary N) is 2. The molecule has 1 aromatic carbocycles. The predicted molar refractivity (Wildman–Crippen MR) is 217 cm³/mol. The fourth-order valence-electron chi connectivity index (χ4n) is 7.27. The molecule has 53 heavy (non-hydrogen) atoms. The smallest absolute Gasteiger partial charge is 0.0768 e. The highest BCUT2D eigenvalue weighted by molar-refractivity contribution is 6.01. The molecular weight excluding hydrogens is 663 g/mol. The molecule has 1 saturated heterocycles. The number of aryl methyl sites for hydroxylation is 4. The molecule has 4 aromatic rings. The van der Waals surface area contributed by atoms with Crippen LogP contribution in [-0.2, 0) is 18.9 Å². The first-order chi connectivity index (χ1) is 25.6. The second-order valence-corrected chi connectivity index (χ2v) is 14.4. The van der Waals surface area contributed by atoms with E-state index in [0.29, 0.717) is 52.9 Å². The molecule has 3 aliphatic heterocycles. The van der Waals surface area contributed by atoms with Gasteiger partial charge in [-0.05, 0) is 136 Å². The Kier molecular flexibility index (Phi) is 11.0. The summed E-state index contributed by atoms with van der Waals surface area (Å²) < 4.78 is 23.1. The summed E-state index contributed by atoms with van der Waals surface area (Å²) in [6.45, 7) is 23.6. The van der Waals surface area contributed by atoms with Crippen LogP contribution in [0.2, 0.25) is 0 Å². The number of anilines is 1. The van der Waals surface area contributed by atoms with Gasteiger partial charge in [0.25, 0.3) is 0 Å². The summed E-state index contributed by atoms with van der Waals surface area (Å²) >= 11 is 0. The van der Waals surface area contributed by atoms with E-state index >= 15 is 0 Å². The van der Waals surface area contributed by atoms with Gasteiger partial charge in [0.2, 0.25) is 0 Å². The Balaban J connectivity index is 1.39. The summed E-state index contributed by atoms with van der Waals surface area (Å²) in [7, 11) is 0. The van der Waals surface area contributed by atoms with E-state index in [2.05, 4.69) is 113 Å². The fraction of sp³-hybridized carbons (Fsp3) is 0.409. The van der Waals surface area contributed by atoms with Crippen LogP contribution in [0.3, 0.4) is 0 Å². The van der Waals surface area contributed by atoms with E-state index < -0.39 is 0 Å². The van der Waals surface area contributed by atoms with E-state index in [-0.39, 0.29) is 0 Å². The standard InChI is InChI=1S/C44H53N5O4/c1-26-28(3)38-24-40-30(5)32(7)43(47-40)42(44-33(8)31(6)41(48-44)25-39-29(4)27(2)37(46-39)23-36(26)45-38)34-9-11-35(12-10-34)49-13-15-50-17-19-52-21-22-53-20-18-51-16-14-49/h9-12,23-25,45,47H,13-22H2,1-8H3. The van der Waals surface area contributed by atoms with Crippen molar-refractivity contribution in [3.8, 4) is 11.1 Å². The molecule has 2 N–H and O–H groups in total. The number of nitrogens with zero attached hydrogens (tertiary/aromatic N) is 3. The van der Waals surface area contributed by atoms with Crippen LogP contribution in [0.25, 0.3) is 55.5 Å². The quantitative estimate of drug-likeness (QED) is 0.214. The minimum absolute atomic E-state index is 0.561. The molecule has 0 spiro atoms. The zero-order valence-electron chi connectivity index (χ0n) is 32.6. The molecule has 0 atom stereocenters. The number of ether oxygens (including phenoxy) is 4. The third kappa shape index (κ3) is 7.49. The van der Waals surface area contributed by atoms with Gasteiger partial charge in [0.1, 0.15) is 0 Å². The van der Waals surface area contributed by atoms with Crippen molar-refractivity contribution in [3.63, 3.8) is 0 Å². The van der Waals surface area contributed by atoms with Crippen molar-refractivity contribution in [2.45, 2.75) is 55.4 Å². The van der Waals surface area contributed by atoms with E-state index in [1.807, 2.05) is 0 Å². The lowest BCUT2D eigenvalue weighted by Gasteiger charge is -2.25. The highest BCUT2D eigenvalue weighted by Crippen LogP contribution is 2.40. The first kappa shape index (κ1) is 36.8. The first-order valence-corrected chi connectivity index (χ1v) is 18.9. The van der Waals surface area contributed by atoms with E-state index in [4.69, 9.17) is 28.9 Å². The number of hydrogen-bond acceptors (Lipinski definition) is 7. The van der Waals surface area contributed by atoms with Gasteiger partial charge in [-0.25, -0.2) is 9.97 Å². The largest absolute Gasteiger partial charge is 0.377 e. The molecule has 9 heteroatoms. The van der Waals surface area contributed by atoms with Gasteiger partial charge in [0.05, 0.1) is 81.1 Å². The van der Waals surface area contributed by atoms with Crippen LogP contribution >= 0.6 is 0 Å². The number of aromatic amines is 2. The molecule has 8 bridgehead atoms. The maximum absolute atomic E-state index is 5.93. The maximum atomic E-state index is 5.93. The van der Waals surface area contributed by atoms with Gasteiger partial charge in [0.15, 0.2) is 0 Å². The Morgan fingerprint density at radius 1 is 0.491 bits per heavy atom. The monoisotopic (exact) mass is 715 g/mol. The zero-order chi connectivity index (χ0) is 37.2. The van der Waals surface area contributed by atoms with Crippen molar-refractivity contribution in [2.75, 3.05) is 70.8 Å². The van der Waals surface area contributed by atoms with Gasteiger partial charge in [-0.3, -0.25) is 0 Å². The minimum Gasteiger partial charge on any atom is -0.377 e. The molecule has 0 saturated carbocycles. The number of hydrogen-bond donors (Lipinski definition) is 2. The highest BCUT2D eigenvalue weighted by atomic mass is 16.6. The third-order valence-electron chi connectivity index (χ3n) is 11.3. The van der Waals surface area contributed by atoms with Crippen LogP contribution in [0.1, 0.15) is 72.7 Å². The average Bonchev–Trinajstić information content (AvgIpc) is 3.78. The number of benzene rings is 1. The molecule has 3 aromatic heterocycles. The normalized spacial score (nSPS) is 16.9. The van der Waals surface area contributed by atoms with Crippen molar-refractivity contribution in [1.82, 2.24) is 19.9 Å². The lowest BCUT2D eigenvalue weighted by molar-refractivity contribution is 0.00206. The van der Waals surface area contributed by atoms with E-state index in [1.54, 1.807) is 0 Å². The number of H-pyrrole nitrogens is 2. The SMILES string of the molecule is CC1=C(C)c2cc3[nH]c(cc4[nH]c(c(C)c4C)c(-c4ccc(N5CCOCCOCCOCCOCC5)cc4)c4nc(cc1n2)C(C)=C4C)c(C)c3C.